The van der Waals surface area contributed by atoms with E-state index in [1.807, 2.05) is 6.07 Å². The Labute approximate surface area is 276 Å². The summed E-state index contributed by atoms with van der Waals surface area (Å²) in [6.45, 7) is 0. The van der Waals surface area contributed by atoms with E-state index in [1.54, 1.807) is 0 Å². The lowest BCUT2D eigenvalue weighted by Gasteiger charge is -2.13. The van der Waals surface area contributed by atoms with Crippen LogP contribution in [0.25, 0.3) is 88.4 Å². The molecule has 0 unspecified atom stereocenters. The maximum atomic E-state index is 5.24. The number of fused-ring (bicyclic) bond motifs is 7. The first-order chi connectivity index (χ1) is 23.8. The van der Waals surface area contributed by atoms with E-state index in [1.165, 1.54) is 43.5 Å². The predicted octanol–water partition coefficient (Wildman–Crippen LogP) is 11.2. The Hall–Kier alpha value is -6.52. The van der Waals surface area contributed by atoms with Crippen LogP contribution in [0.5, 0.6) is 0 Å². The maximum Gasteiger partial charge on any atom is 0.160 e. The molecular formula is C44H28N4. The van der Waals surface area contributed by atoms with Gasteiger partial charge < -0.3 is 9.13 Å². The third kappa shape index (κ3) is 4.03. The highest BCUT2D eigenvalue weighted by molar-refractivity contribution is 6.18. The van der Waals surface area contributed by atoms with Crippen molar-refractivity contribution in [3.63, 3.8) is 0 Å². The average Bonchev–Trinajstić information content (AvgIpc) is 3.74. The van der Waals surface area contributed by atoms with E-state index in [2.05, 4.69) is 173 Å². The van der Waals surface area contributed by atoms with Gasteiger partial charge in [-0.1, -0.05) is 103 Å². The summed E-state index contributed by atoms with van der Waals surface area (Å²) in [6.07, 6.45) is 2.18. The van der Waals surface area contributed by atoms with Gasteiger partial charge in [-0.2, -0.15) is 0 Å². The Kier molecular flexibility index (Phi) is 5.84. The van der Waals surface area contributed by atoms with Crippen LogP contribution in [-0.2, 0) is 0 Å². The largest absolute Gasteiger partial charge is 0.316 e. The second kappa shape index (κ2) is 10.5. The molecule has 0 aliphatic heterocycles. The highest BCUT2D eigenvalue weighted by Gasteiger charge is 2.18. The molecule has 0 aliphatic rings. The minimum atomic E-state index is 0.715. The van der Waals surface area contributed by atoms with Crippen molar-refractivity contribution in [3.05, 3.63) is 170 Å². The monoisotopic (exact) mass is 612 g/mol. The first-order valence-electron chi connectivity index (χ1n) is 16.3. The van der Waals surface area contributed by atoms with Crippen LogP contribution in [0, 0.1) is 0 Å². The molecule has 0 bridgehead atoms. The van der Waals surface area contributed by atoms with Crippen LogP contribution < -0.4 is 0 Å². The fraction of sp³-hybridized carbons (Fsp3) is 0. The van der Waals surface area contributed by atoms with Crippen LogP contribution in [0.3, 0.4) is 0 Å². The summed E-state index contributed by atoms with van der Waals surface area (Å²) in [7, 11) is 0. The summed E-state index contributed by atoms with van der Waals surface area (Å²) in [5, 5.41) is 7.13. The van der Waals surface area contributed by atoms with Gasteiger partial charge in [0, 0.05) is 50.2 Å². The van der Waals surface area contributed by atoms with E-state index in [9.17, 15) is 0 Å². The quantitative estimate of drug-likeness (QED) is 0.198. The predicted molar refractivity (Wildman–Crippen MR) is 199 cm³/mol. The minimum Gasteiger partial charge on any atom is -0.316 e. The fourth-order valence-electron chi connectivity index (χ4n) is 7.36. The highest BCUT2D eigenvalue weighted by atomic mass is 15.0. The van der Waals surface area contributed by atoms with Crippen molar-refractivity contribution in [3.8, 4) is 34.0 Å². The van der Waals surface area contributed by atoms with Crippen molar-refractivity contribution in [1.82, 2.24) is 19.1 Å². The van der Waals surface area contributed by atoms with Gasteiger partial charge in [-0.25, -0.2) is 9.97 Å². The van der Waals surface area contributed by atoms with Crippen LogP contribution >= 0.6 is 0 Å². The van der Waals surface area contributed by atoms with Crippen LogP contribution in [0.2, 0.25) is 0 Å². The van der Waals surface area contributed by atoms with Crippen molar-refractivity contribution in [2.75, 3.05) is 0 Å². The van der Waals surface area contributed by atoms with E-state index in [0.717, 1.165) is 39.1 Å². The number of rotatable bonds is 4. The topological polar surface area (TPSA) is 35.6 Å². The maximum absolute atomic E-state index is 5.24. The van der Waals surface area contributed by atoms with E-state index in [0.29, 0.717) is 5.82 Å². The van der Waals surface area contributed by atoms with E-state index in [-0.39, 0.29) is 0 Å². The smallest absolute Gasteiger partial charge is 0.160 e. The molecule has 4 nitrogen and oxygen atoms in total. The van der Waals surface area contributed by atoms with Gasteiger partial charge in [0.05, 0.1) is 27.8 Å². The lowest BCUT2D eigenvalue weighted by atomic mass is 9.99. The molecule has 0 spiro atoms. The lowest BCUT2D eigenvalue weighted by Crippen LogP contribution is -1.97. The molecular weight excluding hydrogens is 585 g/mol. The molecule has 0 saturated heterocycles. The molecule has 0 aliphatic carbocycles. The molecule has 48 heavy (non-hydrogen) atoms. The minimum absolute atomic E-state index is 0.715. The van der Waals surface area contributed by atoms with Crippen molar-refractivity contribution in [2.24, 2.45) is 0 Å². The van der Waals surface area contributed by atoms with Gasteiger partial charge in [-0.3, -0.25) is 0 Å². The first kappa shape index (κ1) is 26.7. The van der Waals surface area contributed by atoms with Gasteiger partial charge in [0.2, 0.25) is 0 Å². The zero-order chi connectivity index (χ0) is 31.6. The number of hydrogen-bond acceptors (Lipinski definition) is 2. The van der Waals surface area contributed by atoms with Crippen molar-refractivity contribution in [2.45, 2.75) is 0 Å². The molecule has 3 heterocycles. The Morgan fingerprint density at radius 2 is 1.15 bits per heavy atom. The molecule has 4 heteroatoms. The first-order valence-corrected chi connectivity index (χ1v) is 16.3. The molecule has 0 fully saturated rings. The summed E-state index contributed by atoms with van der Waals surface area (Å²) >= 11 is 0. The van der Waals surface area contributed by atoms with Gasteiger partial charge in [-0.15, -0.1) is 0 Å². The molecule has 10 rings (SSSR count). The number of hydrogen-bond donors (Lipinski definition) is 0. The fourth-order valence-corrected chi connectivity index (χ4v) is 7.36. The SMILES string of the molecule is c1ccc(-n2ccc3c2ccc2c4ccccc4n(-c4ccc(-c5nc(-c6cccc7ccccc67)c6ccccc6n5)cc4)c23)cc1. The Morgan fingerprint density at radius 1 is 0.417 bits per heavy atom. The molecule has 0 atom stereocenters. The summed E-state index contributed by atoms with van der Waals surface area (Å²) < 4.78 is 4.67. The van der Waals surface area contributed by atoms with Crippen LogP contribution in [0.4, 0.5) is 0 Å². The van der Waals surface area contributed by atoms with Gasteiger partial charge in [-0.05, 0) is 71.4 Å². The highest BCUT2D eigenvalue weighted by Crippen LogP contribution is 2.38. The summed E-state index contributed by atoms with van der Waals surface area (Å²) in [5.41, 5.74) is 9.79. The number of nitrogens with zero attached hydrogens (tertiary/aromatic N) is 4. The number of aromatic nitrogens is 4. The zero-order valence-corrected chi connectivity index (χ0v) is 26.0. The number of para-hydroxylation sites is 3. The summed E-state index contributed by atoms with van der Waals surface area (Å²) in [5.74, 6) is 0.715. The van der Waals surface area contributed by atoms with Gasteiger partial charge in [0.15, 0.2) is 5.82 Å². The van der Waals surface area contributed by atoms with Crippen molar-refractivity contribution >= 4 is 54.4 Å². The molecule has 224 valence electrons. The Bertz CT molecular complexity index is 2820. The third-order valence-corrected chi connectivity index (χ3v) is 9.57. The van der Waals surface area contributed by atoms with E-state index in [4.69, 9.17) is 9.97 Å². The van der Waals surface area contributed by atoms with E-state index < -0.39 is 0 Å². The van der Waals surface area contributed by atoms with Crippen LogP contribution in [-0.4, -0.2) is 19.1 Å². The molecule has 10 aromatic rings. The van der Waals surface area contributed by atoms with Gasteiger partial charge >= 0.3 is 0 Å². The molecule has 0 N–H and O–H groups in total. The van der Waals surface area contributed by atoms with E-state index >= 15 is 0 Å². The molecule has 7 aromatic carbocycles. The van der Waals surface area contributed by atoms with Gasteiger partial charge in [0.25, 0.3) is 0 Å². The molecule has 0 radical (unpaired) electrons. The molecule has 0 amide bonds. The normalized spacial score (nSPS) is 11.8. The van der Waals surface area contributed by atoms with Crippen LogP contribution in [0.15, 0.2) is 170 Å². The summed E-state index contributed by atoms with van der Waals surface area (Å²) in [6, 6.07) is 57.9. The average molecular weight is 613 g/mol. The number of benzene rings is 7. The molecule has 0 saturated carbocycles. The van der Waals surface area contributed by atoms with Crippen LogP contribution in [0.1, 0.15) is 0 Å². The third-order valence-electron chi connectivity index (χ3n) is 9.57. The molecule has 3 aromatic heterocycles. The summed E-state index contributed by atoms with van der Waals surface area (Å²) in [4.78, 5) is 10.3. The van der Waals surface area contributed by atoms with Crippen molar-refractivity contribution in [1.29, 1.82) is 0 Å². The Morgan fingerprint density at radius 3 is 2.02 bits per heavy atom. The Balaban J connectivity index is 1.15. The standard InChI is InChI=1S/C44H28N4/c1-2-13-31(14-3-1)47-28-27-38-40(47)26-25-36-34-16-7-9-20-41(34)48(43(36)38)32-23-21-30(22-24-32)44-45-39-19-8-6-17-37(39)42(46-44)35-18-10-12-29-11-4-5-15-33(29)35/h1-28H. The lowest BCUT2D eigenvalue weighted by molar-refractivity contribution is 1.13. The zero-order valence-electron chi connectivity index (χ0n) is 26.0. The second-order valence-corrected chi connectivity index (χ2v) is 12.3. The van der Waals surface area contributed by atoms with Gasteiger partial charge in [0.1, 0.15) is 0 Å². The van der Waals surface area contributed by atoms with Crippen molar-refractivity contribution < 1.29 is 0 Å². The second-order valence-electron chi connectivity index (χ2n) is 12.3.